The highest BCUT2D eigenvalue weighted by Gasteiger charge is 2.33. The Morgan fingerprint density at radius 2 is 2.07 bits per heavy atom. The van der Waals surface area contributed by atoms with E-state index in [4.69, 9.17) is 4.74 Å². The largest absolute Gasteiger partial charge is 0.465 e. The number of aryl methyl sites for hydroxylation is 2. The summed E-state index contributed by atoms with van der Waals surface area (Å²) in [5, 5.41) is 0. The Balaban J connectivity index is 2.08. The van der Waals surface area contributed by atoms with Crippen LogP contribution < -0.4 is 0 Å². The Bertz CT molecular complexity index is 908. The Morgan fingerprint density at radius 1 is 1.36 bits per heavy atom. The van der Waals surface area contributed by atoms with Gasteiger partial charge in [-0.05, 0) is 38.7 Å². The summed E-state index contributed by atoms with van der Waals surface area (Å²) in [5.41, 5.74) is 1.72. The molecule has 0 N–H and O–H groups in total. The molecule has 8 nitrogen and oxygen atoms in total. The number of likely N-dealkylation sites (N-methyl/N-ethyl adjacent to an activating group) is 1. The first-order valence-corrected chi connectivity index (χ1v) is 11.2. The lowest BCUT2D eigenvalue weighted by molar-refractivity contribution is -0.147. The first-order valence-electron chi connectivity index (χ1n) is 9.56. The number of nitrogens with zero attached hydrogens (tertiary/aromatic N) is 4. The van der Waals surface area contributed by atoms with E-state index in [-0.39, 0.29) is 18.3 Å². The number of carbonyl (C=O) groups is 1. The number of sulfonamides is 1. The van der Waals surface area contributed by atoms with Crippen LogP contribution in [-0.2, 0) is 26.1 Å². The van der Waals surface area contributed by atoms with Crippen molar-refractivity contribution in [2.75, 3.05) is 19.4 Å². The summed E-state index contributed by atoms with van der Waals surface area (Å²) in [5.74, 6) is 0.437. The molecule has 2 aromatic rings. The van der Waals surface area contributed by atoms with Crippen LogP contribution in [0.2, 0.25) is 0 Å². The molecule has 0 aliphatic heterocycles. The smallest absolute Gasteiger partial charge is 0.324 e. The van der Waals surface area contributed by atoms with Gasteiger partial charge < -0.3 is 9.30 Å². The minimum absolute atomic E-state index is 0.0539. The van der Waals surface area contributed by atoms with Crippen LogP contribution in [0, 0.1) is 12.8 Å². The fourth-order valence-corrected chi connectivity index (χ4v) is 4.55. The van der Waals surface area contributed by atoms with E-state index in [1.807, 2.05) is 31.4 Å². The third-order valence-electron chi connectivity index (χ3n) is 4.66. The SMILES string of the molecule is CCOC(=O)[C@H](CC(C)C)N(C)S(=O)(=O)CCCn1c(C)nc2cnccc21. The van der Waals surface area contributed by atoms with Crippen LogP contribution >= 0.6 is 0 Å². The van der Waals surface area contributed by atoms with E-state index in [0.29, 0.717) is 19.4 Å². The van der Waals surface area contributed by atoms with E-state index >= 15 is 0 Å². The molecule has 0 aliphatic rings. The van der Waals surface area contributed by atoms with Gasteiger partial charge in [0.25, 0.3) is 0 Å². The molecular formula is C19H30N4O4S. The van der Waals surface area contributed by atoms with Crippen molar-refractivity contribution in [2.24, 2.45) is 5.92 Å². The molecule has 0 aromatic carbocycles. The maximum atomic E-state index is 12.8. The monoisotopic (exact) mass is 410 g/mol. The number of hydrogen-bond donors (Lipinski definition) is 0. The quantitative estimate of drug-likeness (QED) is 0.558. The second kappa shape index (κ2) is 9.47. The van der Waals surface area contributed by atoms with Gasteiger partial charge in [0.05, 0.1) is 24.1 Å². The molecule has 9 heteroatoms. The predicted molar refractivity (Wildman–Crippen MR) is 108 cm³/mol. The minimum Gasteiger partial charge on any atom is -0.465 e. The lowest BCUT2D eigenvalue weighted by atomic mass is 10.0. The molecule has 0 fully saturated rings. The van der Waals surface area contributed by atoms with Gasteiger partial charge in [0, 0.05) is 19.8 Å². The zero-order valence-corrected chi connectivity index (χ0v) is 18.1. The average molecular weight is 411 g/mol. The summed E-state index contributed by atoms with van der Waals surface area (Å²) in [4.78, 5) is 20.8. The van der Waals surface area contributed by atoms with Crippen molar-refractivity contribution in [3.8, 4) is 0 Å². The molecular weight excluding hydrogens is 380 g/mol. The van der Waals surface area contributed by atoms with Crippen LogP contribution in [0.4, 0.5) is 0 Å². The van der Waals surface area contributed by atoms with Crippen molar-refractivity contribution < 1.29 is 17.9 Å². The lowest BCUT2D eigenvalue weighted by Gasteiger charge is -2.27. The molecule has 1 atom stereocenters. The van der Waals surface area contributed by atoms with Gasteiger partial charge in [0.1, 0.15) is 17.4 Å². The lowest BCUT2D eigenvalue weighted by Crippen LogP contribution is -2.45. The van der Waals surface area contributed by atoms with E-state index in [1.165, 1.54) is 11.4 Å². The van der Waals surface area contributed by atoms with Crippen molar-refractivity contribution in [3.05, 3.63) is 24.3 Å². The first-order chi connectivity index (χ1) is 13.2. The van der Waals surface area contributed by atoms with E-state index in [2.05, 4.69) is 9.97 Å². The van der Waals surface area contributed by atoms with Crippen LogP contribution in [0.3, 0.4) is 0 Å². The van der Waals surface area contributed by atoms with Crippen LogP contribution in [0.5, 0.6) is 0 Å². The van der Waals surface area contributed by atoms with E-state index in [0.717, 1.165) is 16.9 Å². The van der Waals surface area contributed by atoms with Gasteiger partial charge in [-0.1, -0.05) is 13.8 Å². The van der Waals surface area contributed by atoms with E-state index in [1.54, 1.807) is 19.3 Å². The molecule has 0 radical (unpaired) electrons. The van der Waals surface area contributed by atoms with Gasteiger partial charge in [0.15, 0.2) is 0 Å². The van der Waals surface area contributed by atoms with Crippen molar-refractivity contribution in [1.29, 1.82) is 0 Å². The standard InChI is InChI=1S/C19H30N4O4S/c1-6-27-19(24)18(12-14(2)3)22(5)28(25,26)11-7-10-23-15(4)21-16-13-20-9-8-17(16)23/h8-9,13-14,18H,6-7,10-12H2,1-5H3/t18-/m0/s1. The number of hydrogen-bond acceptors (Lipinski definition) is 6. The number of aromatic nitrogens is 3. The molecule has 0 unspecified atom stereocenters. The van der Waals surface area contributed by atoms with Crippen molar-refractivity contribution >= 4 is 27.0 Å². The Hall–Kier alpha value is -2.00. The van der Waals surface area contributed by atoms with Crippen molar-refractivity contribution in [2.45, 2.75) is 53.1 Å². The third-order valence-corrected chi connectivity index (χ3v) is 6.59. The predicted octanol–water partition coefficient (Wildman–Crippen LogP) is 2.37. The second-order valence-corrected chi connectivity index (χ2v) is 9.41. The van der Waals surface area contributed by atoms with Crippen LogP contribution in [-0.4, -0.2) is 58.7 Å². The summed E-state index contributed by atoms with van der Waals surface area (Å²) >= 11 is 0. The number of rotatable bonds is 10. The molecule has 2 aromatic heterocycles. The normalized spacial score (nSPS) is 13.4. The maximum Gasteiger partial charge on any atom is 0.324 e. The fourth-order valence-electron chi connectivity index (χ4n) is 3.21. The van der Waals surface area contributed by atoms with Gasteiger partial charge in [-0.2, -0.15) is 4.31 Å². The van der Waals surface area contributed by atoms with E-state index < -0.39 is 22.0 Å². The molecule has 28 heavy (non-hydrogen) atoms. The number of fused-ring (bicyclic) bond motifs is 1. The highest BCUT2D eigenvalue weighted by Crippen LogP contribution is 2.18. The summed E-state index contributed by atoms with van der Waals surface area (Å²) < 4.78 is 33.9. The number of carbonyl (C=O) groups excluding carboxylic acids is 1. The van der Waals surface area contributed by atoms with Gasteiger partial charge in [-0.15, -0.1) is 0 Å². The van der Waals surface area contributed by atoms with Crippen molar-refractivity contribution in [3.63, 3.8) is 0 Å². The van der Waals surface area contributed by atoms with Crippen LogP contribution in [0.15, 0.2) is 18.5 Å². The molecule has 2 rings (SSSR count). The molecule has 0 bridgehead atoms. The molecule has 0 saturated carbocycles. The van der Waals surface area contributed by atoms with Crippen LogP contribution in [0.1, 0.15) is 39.4 Å². The molecule has 0 saturated heterocycles. The third kappa shape index (κ3) is 5.29. The number of ether oxygens (including phenoxy) is 1. The Labute approximate surface area is 167 Å². The number of pyridine rings is 1. The summed E-state index contributed by atoms with van der Waals surface area (Å²) in [6.45, 7) is 8.26. The zero-order valence-electron chi connectivity index (χ0n) is 17.3. The number of imidazole rings is 1. The molecule has 2 heterocycles. The van der Waals surface area contributed by atoms with Gasteiger partial charge in [0.2, 0.25) is 10.0 Å². The van der Waals surface area contributed by atoms with Gasteiger partial charge in [-0.3, -0.25) is 9.78 Å². The van der Waals surface area contributed by atoms with Crippen molar-refractivity contribution in [1.82, 2.24) is 18.8 Å². The minimum atomic E-state index is -3.60. The summed E-state index contributed by atoms with van der Waals surface area (Å²) in [6.07, 6.45) is 4.23. The van der Waals surface area contributed by atoms with Gasteiger partial charge in [-0.25, -0.2) is 13.4 Å². The summed E-state index contributed by atoms with van der Waals surface area (Å²) in [6, 6.07) is 1.07. The van der Waals surface area contributed by atoms with Gasteiger partial charge >= 0.3 is 5.97 Å². The topological polar surface area (TPSA) is 94.4 Å². The first kappa shape index (κ1) is 22.3. The highest BCUT2D eigenvalue weighted by atomic mass is 32.2. The molecule has 156 valence electrons. The Morgan fingerprint density at radius 3 is 2.71 bits per heavy atom. The molecule has 0 amide bonds. The maximum absolute atomic E-state index is 12.8. The molecule has 0 spiro atoms. The van der Waals surface area contributed by atoms with Crippen LogP contribution in [0.25, 0.3) is 11.0 Å². The zero-order chi connectivity index (χ0) is 20.9. The number of esters is 1. The average Bonchev–Trinajstić information content (AvgIpc) is 2.94. The van der Waals surface area contributed by atoms with E-state index in [9.17, 15) is 13.2 Å². The highest BCUT2D eigenvalue weighted by molar-refractivity contribution is 7.89. The molecule has 0 aliphatic carbocycles. The second-order valence-electron chi connectivity index (χ2n) is 7.26. The fraction of sp³-hybridized carbons (Fsp3) is 0.632. The summed E-state index contributed by atoms with van der Waals surface area (Å²) in [7, 11) is -2.14. The Kier molecular flexibility index (Phi) is 7.54.